The van der Waals surface area contributed by atoms with Gasteiger partial charge in [-0.25, -0.2) is 4.79 Å². The van der Waals surface area contributed by atoms with E-state index in [9.17, 15) is 14.7 Å². The summed E-state index contributed by atoms with van der Waals surface area (Å²) < 4.78 is 9.83. The number of hydrogen-bond donors (Lipinski definition) is 2. The van der Waals surface area contributed by atoms with Crippen molar-refractivity contribution in [3.63, 3.8) is 0 Å². The van der Waals surface area contributed by atoms with Gasteiger partial charge in [0.25, 0.3) is 0 Å². The summed E-state index contributed by atoms with van der Waals surface area (Å²) in [5, 5.41) is 11.9. The van der Waals surface area contributed by atoms with Gasteiger partial charge in [0.05, 0.1) is 18.6 Å². The monoisotopic (exact) mass is 261 g/mol. The Hall–Kier alpha value is -1.30. The zero-order valence-corrected chi connectivity index (χ0v) is 11.6. The van der Waals surface area contributed by atoms with E-state index >= 15 is 0 Å². The van der Waals surface area contributed by atoms with Gasteiger partial charge < -0.3 is 19.9 Å². The van der Waals surface area contributed by atoms with Gasteiger partial charge in [0.15, 0.2) is 0 Å². The van der Waals surface area contributed by atoms with Gasteiger partial charge in [0.2, 0.25) is 0 Å². The molecule has 0 aliphatic rings. The number of aliphatic hydroxyl groups excluding tert-OH is 1. The first kappa shape index (κ1) is 16.7. The van der Waals surface area contributed by atoms with Crippen LogP contribution in [0.4, 0.5) is 4.79 Å². The molecule has 1 amide bonds. The van der Waals surface area contributed by atoms with E-state index in [1.54, 1.807) is 27.7 Å². The van der Waals surface area contributed by atoms with E-state index in [0.717, 1.165) is 0 Å². The number of ether oxygens (including phenoxy) is 2. The third-order valence-electron chi connectivity index (χ3n) is 2.04. The van der Waals surface area contributed by atoms with Gasteiger partial charge in [-0.15, -0.1) is 0 Å². The minimum Gasteiger partial charge on any atom is -0.466 e. The Morgan fingerprint density at radius 3 is 2.28 bits per heavy atom. The van der Waals surface area contributed by atoms with Crippen LogP contribution < -0.4 is 5.32 Å². The molecule has 0 saturated carbocycles. The van der Waals surface area contributed by atoms with E-state index < -0.39 is 29.7 Å². The Balaban J connectivity index is 4.28. The largest absolute Gasteiger partial charge is 0.466 e. The third kappa shape index (κ3) is 7.11. The summed E-state index contributed by atoms with van der Waals surface area (Å²) in [5.74, 6) is -1.33. The molecule has 2 atom stereocenters. The molecule has 0 saturated heterocycles. The van der Waals surface area contributed by atoms with Crippen LogP contribution in [0.2, 0.25) is 0 Å². The van der Waals surface area contributed by atoms with Crippen LogP contribution in [-0.2, 0) is 14.3 Å². The standard InChI is InChI=1S/C12H23NO5/c1-6-17-10(15)9(8(2)14)7-13-11(16)18-12(3,4)5/h8-9,14H,6-7H2,1-5H3,(H,13,16)/t8-,9+/m1/s1. The number of hydrogen-bond acceptors (Lipinski definition) is 5. The number of carbonyl (C=O) groups is 2. The highest BCUT2D eigenvalue weighted by molar-refractivity contribution is 5.75. The highest BCUT2D eigenvalue weighted by Crippen LogP contribution is 2.08. The van der Waals surface area contributed by atoms with Gasteiger partial charge in [-0.05, 0) is 34.6 Å². The predicted octanol–water partition coefficient (Wildman–Crippen LogP) is 1.07. The number of alkyl carbamates (subject to hydrolysis) is 1. The van der Waals surface area contributed by atoms with Crippen LogP contribution in [0, 0.1) is 5.92 Å². The van der Waals surface area contributed by atoms with Gasteiger partial charge >= 0.3 is 12.1 Å². The summed E-state index contributed by atoms with van der Waals surface area (Å²) in [6.45, 7) is 8.58. The quantitative estimate of drug-likeness (QED) is 0.723. The molecule has 0 heterocycles. The lowest BCUT2D eigenvalue weighted by Gasteiger charge is -2.22. The molecule has 0 radical (unpaired) electrons. The molecular weight excluding hydrogens is 238 g/mol. The van der Waals surface area contributed by atoms with Crippen LogP contribution in [0.5, 0.6) is 0 Å². The van der Waals surface area contributed by atoms with Gasteiger partial charge in [0, 0.05) is 6.54 Å². The normalized spacial score (nSPS) is 14.6. The second-order valence-electron chi connectivity index (χ2n) is 4.98. The molecule has 6 heteroatoms. The fraction of sp³-hybridized carbons (Fsp3) is 0.833. The summed E-state index contributed by atoms with van der Waals surface area (Å²) in [5.41, 5.74) is -0.603. The van der Waals surface area contributed by atoms with Crippen molar-refractivity contribution in [3.8, 4) is 0 Å². The van der Waals surface area contributed by atoms with Crippen molar-refractivity contribution in [2.75, 3.05) is 13.2 Å². The second kappa shape index (κ2) is 7.20. The third-order valence-corrected chi connectivity index (χ3v) is 2.04. The van der Waals surface area contributed by atoms with E-state index in [0.29, 0.717) is 0 Å². The molecule has 0 unspecified atom stereocenters. The van der Waals surface area contributed by atoms with Gasteiger partial charge in [0.1, 0.15) is 5.60 Å². The van der Waals surface area contributed by atoms with E-state index in [1.165, 1.54) is 6.92 Å². The number of nitrogens with one attached hydrogen (secondary N) is 1. The molecule has 0 aromatic heterocycles. The topological polar surface area (TPSA) is 84.9 Å². The van der Waals surface area contributed by atoms with Crippen molar-refractivity contribution >= 4 is 12.1 Å². The minimum absolute atomic E-state index is 0.0224. The molecule has 0 aromatic carbocycles. The maximum Gasteiger partial charge on any atom is 0.407 e. The van der Waals surface area contributed by atoms with E-state index in [-0.39, 0.29) is 13.2 Å². The predicted molar refractivity (Wildman–Crippen MR) is 66.0 cm³/mol. The van der Waals surface area contributed by atoms with Crippen LogP contribution in [-0.4, -0.2) is 42.0 Å². The average Bonchev–Trinajstić information content (AvgIpc) is 2.14. The Kier molecular flexibility index (Phi) is 6.68. The maximum atomic E-state index is 11.5. The molecular formula is C12H23NO5. The van der Waals surface area contributed by atoms with Crippen LogP contribution in [0.15, 0.2) is 0 Å². The number of esters is 1. The Bertz CT molecular complexity index is 283. The number of carbonyl (C=O) groups excluding carboxylic acids is 2. The molecule has 0 bridgehead atoms. The minimum atomic E-state index is -0.904. The molecule has 0 aliphatic heterocycles. The van der Waals surface area contributed by atoms with Gasteiger partial charge in [-0.3, -0.25) is 4.79 Å². The van der Waals surface area contributed by atoms with E-state index in [1.807, 2.05) is 0 Å². The second-order valence-corrected chi connectivity index (χ2v) is 4.98. The molecule has 0 aliphatic carbocycles. The average molecular weight is 261 g/mol. The number of amides is 1. The molecule has 0 spiro atoms. The van der Waals surface area contributed by atoms with Crippen molar-refractivity contribution in [2.24, 2.45) is 5.92 Å². The number of aliphatic hydroxyl groups is 1. The maximum absolute atomic E-state index is 11.5. The number of rotatable bonds is 5. The van der Waals surface area contributed by atoms with Crippen molar-refractivity contribution in [1.29, 1.82) is 0 Å². The summed E-state index contributed by atoms with van der Waals surface area (Å²) in [6.07, 6.45) is -1.53. The lowest BCUT2D eigenvalue weighted by molar-refractivity contribution is -0.151. The molecule has 6 nitrogen and oxygen atoms in total. The van der Waals surface area contributed by atoms with Crippen molar-refractivity contribution in [1.82, 2.24) is 5.32 Å². The first-order chi connectivity index (χ1) is 8.17. The van der Waals surface area contributed by atoms with Crippen LogP contribution in [0.3, 0.4) is 0 Å². The molecule has 0 aromatic rings. The fourth-order valence-corrected chi connectivity index (χ4v) is 1.21. The van der Waals surface area contributed by atoms with Crippen molar-refractivity contribution in [2.45, 2.75) is 46.3 Å². The Morgan fingerprint density at radius 2 is 1.89 bits per heavy atom. The fourth-order valence-electron chi connectivity index (χ4n) is 1.21. The highest BCUT2D eigenvalue weighted by atomic mass is 16.6. The van der Waals surface area contributed by atoms with Crippen molar-refractivity contribution in [3.05, 3.63) is 0 Å². The summed E-state index contributed by atoms with van der Waals surface area (Å²) >= 11 is 0. The SMILES string of the molecule is CCOC(=O)[C@@H](CNC(=O)OC(C)(C)C)[C@@H](C)O. The first-order valence-electron chi connectivity index (χ1n) is 5.99. The van der Waals surface area contributed by atoms with Crippen LogP contribution in [0.1, 0.15) is 34.6 Å². The molecule has 0 rings (SSSR count). The van der Waals surface area contributed by atoms with Crippen LogP contribution >= 0.6 is 0 Å². The van der Waals surface area contributed by atoms with E-state index in [4.69, 9.17) is 9.47 Å². The lowest BCUT2D eigenvalue weighted by atomic mass is 10.0. The summed E-state index contributed by atoms with van der Waals surface area (Å²) in [4.78, 5) is 22.9. The highest BCUT2D eigenvalue weighted by Gasteiger charge is 2.26. The molecule has 0 fully saturated rings. The van der Waals surface area contributed by atoms with Gasteiger partial charge in [-0.2, -0.15) is 0 Å². The first-order valence-corrected chi connectivity index (χ1v) is 5.99. The lowest BCUT2D eigenvalue weighted by Crippen LogP contribution is -2.41. The molecule has 2 N–H and O–H groups in total. The smallest absolute Gasteiger partial charge is 0.407 e. The van der Waals surface area contributed by atoms with Crippen molar-refractivity contribution < 1.29 is 24.2 Å². The Morgan fingerprint density at radius 1 is 1.33 bits per heavy atom. The van der Waals surface area contributed by atoms with E-state index in [2.05, 4.69) is 5.32 Å². The zero-order valence-electron chi connectivity index (χ0n) is 11.6. The summed E-state index contributed by atoms with van der Waals surface area (Å²) in [6, 6.07) is 0. The van der Waals surface area contributed by atoms with Crippen LogP contribution in [0.25, 0.3) is 0 Å². The Labute approximate surface area is 108 Å². The zero-order chi connectivity index (χ0) is 14.3. The molecule has 106 valence electrons. The molecule has 18 heavy (non-hydrogen) atoms. The summed E-state index contributed by atoms with van der Waals surface area (Å²) in [7, 11) is 0. The van der Waals surface area contributed by atoms with Gasteiger partial charge in [-0.1, -0.05) is 0 Å².